The van der Waals surface area contributed by atoms with Crippen molar-refractivity contribution in [2.45, 2.75) is 9.46 Å². The maximum atomic E-state index is 12.5. The average Bonchev–Trinajstić information content (AvgIpc) is 2.83. The molecule has 2 rings (SSSR count). The number of quaternary nitrogens is 1. The minimum Gasteiger partial charge on any atom is -0.356 e. The van der Waals surface area contributed by atoms with Gasteiger partial charge in [-0.2, -0.15) is 0 Å². The zero-order valence-electron chi connectivity index (χ0n) is 9.54. The summed E-state index contributed by atoms with van der Waals surface area (Å²) in [5, 5.41) is 1.65. The highest BCUT2D eigenvalue weighted by molar-refractivity contribution is 7.93. The van der Waals surface area contributed by atoms with Gasteiger partial charge in [0.25, 0.3) is 0 Å². The predicted octanol–water partition coefficient (Wildman–Crippen LogP) is 2.16. The number of hydrogen-bond acceptors (Lipinski definition) is 3. The van der Waals surface area contributed by atoms with Crippen LogP contribution in [-0.4, -0.2) is 15.0 Å². The molecule has 2 aromatic rings. The SMILES string of the molecule is [NH3+]C[C@@H](c1cccc(Cl)c1)S(=O)(=O)c1cccs1. The van der Waals surface area contributed by atoms with Gasteiger partial charge in [0.1, 0.15) is 9.46 Å². The van der Waals surface area contributed by atoms with E-state index in [0.29, 0.717) is 14.8 Å². The van der Waals surface area contributed by atoms with Crippen molar-refractivity contribution in [3.63, 3.8) is 0 Å². The van der Waals surface area contributed by atoms with Gasteiger partial charge in [-0.1, -0.05) is 29.8 Å². The molecule has 0 spiro atoms. The molecule has 96 valence electrons. The fraction of sp³-hybridized carbons (Fsp3) is 0.167. The quantitative estimate of drug-likeness (QED) is 0.941. The van der Waals surface area contributed by atoms with E-state index >= 15 is 0 Å². The summed E-state index contributed by atoms with van der Waals surface area (Å²) >= 11 is 7.13. The Bertz CT molecular complexity index is 623. The first-order valence-corrected chi connectivity index (χ1v) is 8.18. The number of sulfone groups is 1. The second-order valence-corrected chi connectivity index (χ2v) is 7.55. The molecule has 18 heavy (non-hydrogen) atoms. The normalized spacial score (nSPS) is 13.4. The molecule has 0 saturated carbocycles. The van der Waals surface area contributed by atoms with Gasteiger partial charge in [-0.15, -0.1) is 11.3 Å². The van der Waals surface area contributed by atoms with Gasteiger partial charge in [0, 0.05) is 5.02 Å². The lowest BCUT2D eigenvalue weighted by molar-refractivity contribution is -0.367. The fourth-order valence-electron chi connectivity index (χ4n) is 1.77. The Morgan fingerprint density at radius 2 is 2.06 bits per heavy atom. The van der Waals surface area contributed by atoms with E-state index in [1.807, 2.05) is 0 Å². The first-order chi connectivity index (χ1) is 8.55. The van der Waals surface area contributed by atoms with E-state index in [9.17, 15) is 8.42 Å². The van der Waals surface area contributed by atoms with Crippen LogP contribution in [-0.2, 0) is 9.84 Å². The Hall–Kier alpha value is -0.880. The number of halogens is 1. The first kappa shape index (κ1) is 13.5. The lowest BCUT2D eigenvalue weighted by Crippen LogP contribution is -2.54. The summed E-state index contributed by atoms with van der Waals surface area (Å²) in [7, 11) is -3.38. The molecular formula is C12H13ClNO2S2+. The summed E-state index contributed by atoms with van der Waals surface area (Å²) in [4.78, 5) is 0. The molecule has 0 aliphatic heterocycles. The molecule has 6 heteroatoms. The lowest BCUT2D eigenvalue weighted by Gasteiger charge is -2.13. The molecule has 0 saturated heterocycles. The van der Waals surface area contributed by atoms with Crippen molar-refractivity contribution >= 4 is 32.8 Å². The van der Waals surface area contributed by atoms with Crippen LogP contribution in [0, 0.1) is 0 Å². The largest absolute Gasteiger partial charge is 0.356 e. The van der Waals surface area contributed by atoms with E-state index in [2.05, 4.69) is 5.73 Å². The minimum atomic E-state index is -3.38. The van der Waals surface area contributed by atoms with E-state index in [4.69, 9.17) is 11.6 Å². The standard InChI is InChI=1S/C12H12ClNO2S2/c13-10-4-1-3-9(7-10)11(8-14)18(15,16)12-5-2-6-17-12/h1-7,11H,8,14H2/p+1/t11-/m0/s1. The van der Waals surface area contributed by atoms with Crippen LogP contribution in [0.5, 0.6) is 0 Å². The van der Waals surface area contributed by atoms with Gasteiger partial charge >= 0.3 is 0 Å². The number of thiophene rings is 1. The van der Waals surface area contributed by atoms with E-state index in [0.717, 1.165) is 0 Å². The van der Waals surface area contributed by atoms with Crippen LogP contribution in [0.15, 0.2) is 46.0 Å². The van der Waals surface area contributed by atoms with Crippen LogP contribution < -0.4 is 5.73 Å². The van der Waals surface area contributed by atoms with Gasteiger partial charge in [-0.3, -0.25) is 0 Å². The zero-order chi connectivity index (χ0) is 13.2. The summed E-state index contributed by atoms with van der Waals surface area (Å²) in [6, 6.07) is 10.3. The third kappa shape index (κ3) is 2.59. The molecule has 3 N–H and O–H groups in total. The highest BCUT2D eigenvalue weighted by Gasteiger charge is 2.30. The Labute approximate surface area is 115 Å². The fourth-order valence-corrected chi connectivity index (χ4v) is 4.84. The van der Waals surface area contributed by atoms with E-state index < -0.39 is 15.1 Å². The lowest BCUT2D eigenvalue weighted by atomic mass is 10.1. The third-order valence-electron chi connectivity index (χ3n) is 2.63. The number of benzene rings is 1. The van der Waals surface area contributed by atoms with Crippen LogP contribution in [0.4, 0.5) is 0 Å². The molecule has 3 nitrogen and oxygen atoms in total. The van der Waals surface area contributed by atoms with Crippen molar-refractivity contribution in [1.29, 1.82) is 0 Å². The van der Waals surface area contributed by atoms with Crippen molar-refractivity contribution < 1.29 is 14.2 Å². The Morgan fingerprint density at radius 1 is 1.28 bits per heavy atom. The molecule has 1 heterocycles. The molecule has 0 amide bonds. The molecule has 0 aliphatic rings. The Morgan fingerprint density at radius 3 is 2.61 bits per heavy atom. The number of rotatable bonds is 4. The average molecular weight is 303 g/mol. The summed E-state index contributed by atoms with van der Waals surface area (Å²) in [5.41, 5.74) is 4.44. The molecule has 1 atom stereocenters. The van der Waals surface area contributed by atoms with Crippen molar-refractivity contribution in [3.8, 4) is 0 Å². The maximum absolute atomic E-state index is 12.5. The predicted molar refractivity (Wildman–Crippen MR) is 73.5 cm³/mol. The summed E-state index contributed by atoms with van der Waals surface area (Å²) in [5.74, 6) is 0. The molecule has 0 bridgehead atoms. The van der Waals surface area contributed by atoms with Crippen molar-refractivity contribution in [3.05, 3.63) is 52.4 Å². The Kier molecular flexibility index (Phi) is 4.07. The van der Waals surface area contributed by atoms with Crippen molar-refractivity contribution in [2.24, 2.45) is 0 Å². The van der Waals surface area contributed by atoms with Gasteiger partial charge in [0.05, 0.1) is 6.54 Å². The minimum absolute atomic E-state index is 0.278. The highest BCUT2D eigenvalue weighted by Crippen LogP contribution is 2.31. The van der Waals surface area contributed by atoms with Crippen molar-refractivity contribution in [2.75, 3.05) is 6.54 Å². The molecule has 1 aromatic carbocycles. The van der Waals surface area contributed by atoms with Gasteiger partial charge in [-0.25, -0.2) is 8.42 Å². The smallest absolute Gasteiger partial charge is 0.200 e. The maximum Gasteiger partial charge on any atom is 0.200 e. The molecule has 0 aliphatic carbocycles. The van der Waals surface area contributed by atoms with Crippen LogP contribution in [0.3, 0.4) is 0 Å². The highest BCUT2D eigenvalue weighted by atomic mass is 35.5. The molecule has 0 radical (unpaired) electrons. The molecular weight excluding hydrogens is 290 g/mol. The van der Waals surface area contributed by atoms with Crippen LogP contribution in [0.2, 0.25) is 5.02 Å². The molecule has 0 unspecified atom stereocenters. The monoisotopic (exact) mass is 302 g/mol. The van der Waals surface area contributed by atoms with Crippen molar-refractivity contribution in [1.82, 2.24) is 0 Å². The Balaban J connectivity index is 2.47. The van der Waals surface area contributed by atoms with Crippen LogP contribution in [0.25, 0.3) is 0 Å². The second-order valence-electron chi connectivity index (χ2n) is 3.81. The van der Waals surface area contributed by atoms with E-state index in [1.165, 1.54) is 11.3 Å². The van der Waals surface area contributed by atoms with Gasteiger partial charge < -0.3 is 5.73 Å². The van der Waals surface area contributed by atoms with Gasteiger partial charge in [0.15, 0.2) is 9.84 Å². The number of hydrogen-bond donors (Lipinski definition) is 1. The zero-order valence-corrected chi connectivity index (χ0v) is 11.9. The molecule has 1 aromatic heterocycles. The van der Waals surface area contributed by atoms with Crippen LogP contribution >= 0.6 is 22.9 Å². The summed E-state index contributed by atoms with van der Waals surface area (Å²) in [6.07, 6.45) is 0. The second kappa shape index (κ2) is 5.40. The third-order valence-corrected chi connectivity index (χ3v) is 6.47. The van der Waals surface area contributed by atoms with Gasteiger partial charge in [-0.05, 0) is 29.1 Å². The van der Waals surface area contributed by atoms with Gasteiger partial charge in [0.2, 0.25) is 0 Å². The van der Waals surface area contributed by atoms with Crippen LogP contribution in [0.1, 0.15) is 10.8 Å². The first-order valence-electron chi connectivity index (χ1n) is 5.38. The van der Waals surface area contributed by atoms with E-state index in [-0.39, 0.29) is 6.54 Å². The summed E-state index contributed by atoms with van der Waals surface area (Å²) < 4.78 is 25.3. The van der Waals surface area contributed by atoms with E-state index in [1.54, 1.807) is 41.8 Å². The summed E-state index contributed by atoms with van der Waals surface area (Å²) in [6.45, 7) is 0.278. The topological polar surface area (TPSA) is 61.8 Å². The molecule has 0 fully saturated rings.